The van der Waals surface area contributed by atoms with Gasteiger partial charge in [-0.1, -0.05) is 11.6 Å². The molecule has 2 aromatic carbocycles. The highest BCUT2D eigenvalue weighted by molar-refractivity contribution is 6.31. The predicted molar refractivity (Wildman–Crippen MR) is 80.2 cm³/mol. The smallest absolute Gasteiger partial charge is 0.151 e. The average Bonchev–Trinajstić information content (AvgIpc) is 2.46. The number of benzene rings is 2. The number of hydrazone groups is 1. The third-order valence-corrected chi connectivity index (χ3v) is 3.06. The van der Waals surface area contributed by atoms with Gasteiger partial charge in [0, 0.05) is 16.7 Å². The lowest BCUT2D eigenvalue weighted by molar-refractivity contribution is 0.414. The van der Waals surface area contributed by atoms with Crippen molar-refractivity contribution < 1.29 is 13.5 Å². The second kappa shape index (κ2) is 6.54. The van der Waals surface area contributed by atoms with E-state index in [1.54, 1.807) is 25.1 Å². The average molecular weight is 311 g/mol. The molecule has 0 saturated heterocycles. The van der Waals surface area contributed by atoms with Crippen LogP contribution in [0, 0.1) is 11.6 Å². The lowest BCUT2D eigenvalue weighted by atomic mass is 10.1. The van der Waals surface area contributed by atoms with Crippen molar-refractivity contribution in [1.82, 2.24) is 0 Å². The van der Waals surface area contributed by atoms with Crippen molar-refractivity contribution in [2.45, 2.75) is 6.92 Å². The van der Waals surface area contributed by atoms with Crippen LogP contribution in [0.4, 0.5) is 14.5 Å². The van der Waals surface area contributed by atoms with Gasteiger partial charge in [0.1, 0.15) is 11.6 Å². The zero-order valence-corrected chi connectivity index (χ0v) is 12.2. The van der Waals surface area contributed by atoms with Gasteiger partial charge in [-0.3, -0.25) is 5.43 Å². The summed E-state index contributed by atoms with van der Waals surface area (Å²) >= 11 is 5.95. The minimum absolute atomic E-state index is 0.0803. The van der Waals surface area contributed by atoms with Gasteiger partial charge in [-0.05, 0) is 37.3 Å². The van der Waals surface area contributed by atoms with Crippen molar-refractivity contribution in [3.05, 3.63) is 58.6 Å². The largest absolute Gasteiger partial charge is 0.496 e. The Kier molecular flexibility index (Phi) is 4.75. The van der Waals surface area contributed by atoms with Gasteiger partial charge in [-0.25, -0.2) is 8.78 Å². The number of anilines is 1. The minimum atomic E-state index is -0.718. The zero-order chi connectivity index (χ0) is 15.4. The fourth-order valence-corrected chi connectivity index (χ4v) is 1.92. The second-order valence-corrected chi connectivity index (χ2v) is 4.71. The summed E-state index contributed by atoms with van der Waals surface area (Å²) < 4.78 is 31.5. The number of nitrogens with zero attached hydrogens (tertiary/aromatic N) is 1. The van der Waals surface area contributed by atoms with Gasteiger partial charge in [-0.2, -0.15) is 5.10 Å². The molecule has 0 unspecified atom stereocenters. The van der Waals surface area contributed by atoms with Crippen LogP contribution in [0.1, 0.15) is 12.5 Å². The number of nitrogens with one attached hydrogen (secondary N) is 1. The second-order valence-electron chi connectivity index (χ2n) is 4.28. The van der Waals surface area contributed by atoms with Crippen LogP contribution in [-0.2, 0) is 0 Å². The first kappa shape index (κ1) is 15.3. The van der Waals surface area contributed by atoms with Crippen molar-refractivity contribution in [3.63, 3.8) is 0 Å². The molecule has 2 aromatic rings. The van der Waals surface area contributed by atoms with Crippen LogP contribution in [-0.4, -0.2) is 12.8 Å². The molecule has 0 aliphatic rings. The Morgan fingerprint density at radius 1 is 1.19 bits per heavy atom. The summed E-state index contributed by atoms with van der Waals surface area (Å²) in [6.07, 6.45) is 0. The molecule has 6 heteroatoms. The summed E-state index contributed by atoms with van der Waals surface area (Å²) in [4.78, 5) is 0. The molecule has 0 bridgehead atoms. The minimum Gasteiger partial charge on any atom is -0.496 e. The molecule has 0 atom stereocenters. The third-order valence-electron chi connectivity index (χ3n) is 2.83. The number of rotatable bonds is 4. The Bertz CT molecular complexity index is 689. The van der Waals surface area contributed by atoms with Crippen LogP contribution in [0.2, 0.25) is 5.02 Å². The summed E-state index contributed by atoms with van der Waals surface area (Å²) in [5.74, 6) is -0.762. The van der Waals surface area contributed by atoms with Crippen molar-refractivity contribution in [1.29, 1.82) is 0 Å². The van der Waals surface area contributed by atoms with Crippen LogP contribution in [0.15, 0.2) is 41.5 Å². The third kappa shape index (κ3) is 3.70. The Labute approximate surface area is 126 Å². The highest BCUT2D eigenvalue weighted by atomic mass is 35.5. The Morgan fingerprint density at radius 2 is 1.95 bits per heavy atom. The van der Waals surface area contributed by atoms with Gasteiger partial charge >= 0.3 is 0 Å². The highest BCUT2D eigenvalue weighted by Crippen LogP contribution is 2.23. The lowest BCUT2D eigenvalue weighted by Gasteiger charge is -2.09. The van der Waals surface area contributed by atoms with Gasteiger partial charge in [-0.15, -0.1) is 0 Å². The van der Waals surface area contributed by atoms with E-state index in [1.807, 2.05) is 0 Å². The van der Waals surface area contributed by atoms with Crippen LogP contribution < -0.4 is 10.2 Å². The molecule has 0 radical (unpaired) electrons. The molecule has 0 aliphatic carbocycles. The quantitative estimate of drug-likeness (QED) is 0.668. The SMILES string of the molecule is COc1ccc(Cl)cc1/C(C)=N\Nc1ccc(F)cc1F. The first-order valence-electron chi connectivity index (χ1n) is 6.10. The first-order valence-corrected chi connectivity index (χ1v) is 6.48. The van der Waals surface area contributed by atoms with Gasteiger partial charge < -0.3 is 4.74 Å². The fraction of sp³-hybridized carbons (Fsp3) is 0.133. The topological polar surface area (TPSA) is 33.6 Å². The molecule has 0 aromatic heterocycles. The maximum Gasteiger partial charge on any atom is 0.151 e. The Morgan fingerprint density at radius 3 is 2.62 bits per heavy atom. The molecule has 21 heavy (non-hydrogen) atoms. The molecule has 0 aliphatic heterocycles. The van der Waals surface area contributed by atoms with E-state index in [9.17, 15) is 8.78 Å². The maximum atomic E-state index is 13.5. The number of hydrogen-bond donors (Lipinski definition) is 1. The van der Waals surface area contributed by atoms with E-state index in [1.165, 1.54) is 13.2 Å². The molecule has 1 N–H and O–H groups in total. The molecule has 2 rings (SSSR count). The molecule has 0 saturated carbocycles. The van der Waals surface area contributed by atoms with E-state index < -0.39 is 11.6 Å². The number of ether oxygens (including phenoxy) is 1. The lowest BCUT2D eigenvalue weighted by Crippen LogP contribution is -2.03. The molecule has 0 heterocycles. The van der Waals surface area contributed by atoms with Crippen molar-refractivity contribution in [2.75, 3.05) is 12.5 Å². The van der Waals surface area contributed by atoms with Gasteiger partial charge in [0.05, 0.1) is 18.5 Å². The first-order chi connectivity index (χ1) is 10.0. The monoisotopic (exact) mass is 310 g/mol. The van der Waals surface area contributed by atoms with Crippen LogP contribution in [0.3, 0.4) is 0 Å². The molecular weight excluding hydrogens is 298 g/mol. The van der Waals surface area contributed by atoms with Crippen LogP contribution >= 0.6 is 11.6 Å². The summed E-state index contributed by atoms with van der Waals surface area (Å²) in [7, 11) is 1.53. The van der Waals surface area contributed by atoms with Gasteiger partial charge in [0.15, 0.2) is 5.82 Å². The molecule has 110 valence electrons. The Hall–Kier alpha value is -2.14. The van der Waals surface area contributed by atoms with E-state index in [0.29, 0.717) is 22.0 Å². The molecule has 3 nitrogen and oxygen atoms in total. The Balaban J connectivity index is 2.27. The van der Waals surface area contributed by atoms with E-state index in [0.717, 1.165) is 12.1 Å². The van der Waals surface area contributed by atoms with Gasteiger partial charge in [0.25, 0.3) is 0 Å². The van der Waals surface area contributed by atoms with Crippen LogP contribution in [0.5, 0.6) is 5.75 Å². The fourth-order valence-electron chi connectivity index (χ4n) is 1.75. The zero-order valence-electron chi connectivity index (χ0n) is 11.5. The number of methoxy groups -OCH3 is 1. The molecule has 0 fully saturated rings. The normalized spacial score (nSPS) is 11.4. The standard InChI is InChI=1S/C15H13ClF2N2O/c1-9(12-7-10(16)3-6-15(12)21-2)19-20-14-5-4-11(17)8-13(14)18/h3-8,20H,1-2H3/b19-9-. The van der Waals surface area contributed by atoms with E-state index >= 15 is 0 Å². The van der Waals surface area contributed by atoms with Gasteiger partial charge in [0.2, 0.25) is 0 Å². The summed E-state index contributed by atoms with van der Waals surface area (Å²) in [5, 5.41) is 4.61. The van der Waals surface area contributed by atoms with Crippen molar-refractivity contribution in [3.8, 4) is 5.75 Å². The van der Waals surface area contributed by atoms with Crippen molar-refractivity contribution in [2.24, 2.45) is 5.10 Å². The predicted octanol–water partition coefficient (Wildman–Crippen LogP) is 4.46. The van der Waals surface area contributed by atoms with E-state index in [-0.39, 0.29) is 5.69 Å². The number of hydrogen-bond acceptors (Lipinski definition) is 3. The number of halogens is 3. The highest BCUT2D eigenvalue weighted by Gasteiger charge is 2.08. The van der Waals surface area contributed by atoms with E-state index in [4.69, 9.17) is 16.3 Å². The molecule has 0 spiro atoms. The molecule has 0 amide bonds. The summed E-state index contributed by atoms with van der Waals surface area (Å²) in [6, 6.07) is 8.32. The molecular formula is C15H13ClF2N2O. The maximum absolute atomic E-state index is 13.5. The van der Waals surface area contributed by atoms with E-state index in [2.05, 4.69) is 10.5 Å². The summed E-state index contributed by atoms with van der Waals surface area (Å²) in [6.45, 7) is 1.72. The summed E-state index contributed by atoms with van der Waals surface area (Å²) in [5.41, 5.74) is 3.87. The van der Waals surface area contributed by atoms with Crippen LogP contribution in [0.25, 0.3) is 0 Å². The van der Waals surface area contributed by atoms with Crippen molar-refractivity contribution >= 4 is 23.0 Å².